The van der Waals surface area contributed by atoms with Crippen LogP contribution in [0.1, 0.15) is 5.89 Å². The first kappa shape index (κ1) is 14.0. The molecule has 0 saturated carbocycles. The van der Waals surface area contributed by atoms with Crippen LogP contribution in [0.4, 0.5) is 4.39 Å². The molecule has 0 aliphatic heterocycles. The molecular weight excluding hydrogens is 271 g/mol. The summed E-state index contributed by atoms with van der Waals surface area (Å²) in [5.41, 5.74) is 0.678. The molecule has 0 amide bonds. The lowest BCUT2D eigenvalue weighted by molar-refractivity contribution is 0.113. The van der Waals surface area contributed by atoms with Crippen LogP contribution >= 0.6 is 11.8 Å². The van der Waals surface area contributed by atoms with Crippen molar-refractivity contribution in [3.05, 3.63) is 36.0 Å². The second-order valence-corrected chi connectivity index (χ2v) is 4.90. The van der Waals surface area contributed by atoms with E-state index >= 15 is 0 Å². The van der Waals surface area contributed by atoms with Crippen LogP contribution in [0, 0.1) is 5.82 Å². The van der Waals surface area contributed by atoms with Gasteiger partial charge in [0.15, 0.2) is 0 Å². The maximum absolute atomic E-state index is 12.8. The van der Waals surface area contributed by atoms with Crippen LogP contribution in [-0.2, 0) is 5.75 Å². The fourth-order valence-electron chi connectivity index (χ4n) is 1.36. The zero-order valence-electron chi connectivity index (χ0n) is 9.99. The summed E-state index contributed by atoms with van der Waals surface area (Å²) >= 11 is 1.38. The van der Waals surface area contributed by atoms with Gasteiger partial charge in [-0.15, -0.1) is 11.8 Å². The molecule has 19 heavy (non-hydrogen) atoms. The van der Waals surface area contributed by atoms with E-state index in [1.807, 2.05) is 0 Å². The van der Waals surface area contributed by atoms with Gasteiger partial charge in [-0.2, -0.15) is 4.98 Å². The van der Waals surface area contributed by atoms with Crippen LogP contribution in [0.3, 0.4) is 0 Å². The summed E-state index contributed by atoms with van der Waals surface area (Å²) in [6.45, 7) is -0.266. The molecule has 2 aromatic rings. The van der Waals surface area contributed by atoms with Crippen molar-refractivity contribution in [1.29, 1.82) is 0 Å². The fourth-order valence-corrected chi connectivity index (χ4v) is 2.15. The molecule has 2 rings (SSSR count). The third-order valence-corrected chi connectivity index (χ3v) is 3.39. The Morgan fingerprint density at radius 3 is 2.74 bits per heavy atom. The van der Waals surface area contributed by atoms with E-state index in [0.29, 0.717) is 28.8 Å². The van der Waals surface area contributed by atoms with E-state index in [2.05, 4.69) is 10.1 Å². The maximum Gasteiger partial charge on any atom is 0.236 e. The number of hydrogen-bond acceptors (Lipinski definition) is 6. The third-order valence-electron chi connectivity index (χ3n) is 2.32. The van der Waals surface area contributed by atoms with Crippen molar-refractivity contribution in [2.75, 3.05) is 12.4 Å². The molecule has 0 saturated heterocycles. The molecule has 7 heteroatoms. The SMILES string of the molecule is OC[C@H](O)CSCc1nc(-c2ccc(F)cc2)no1. The van der Waals surface area contributed by atoms with E-state index in [-0.39, 0.29) is 12.4 Å². The van der Waals surface area contributed by atoms with Crippen LogP contribution in [0.5, 0.6) is 0 Å². The number of halogens is 1. The first-order valence-electron chi connectivity index (χ1n) is 5.64. The normalized spacial score (nSPS) is 12.6. The summed E-state index contributed by atoms with van der Waals surface area (Å²) in [5.74, 6) is 1.35. The van der Waals surface area contributed by atoms with Gasteiger partial charge in [0.1, 0.15) is 5.82 Å². The molecule has 1 heterocycles. The molecule has 1 aromatic heterocycles. The van der Waals surface area contributed by atoms with E-state index in [4.69, 9.17) is 9.63 Å². The van der Waals surface area contributed by atoms with Crippen molar-refractivity contribution < 1.29 is 19.1 Å². The van der Waals surface area contributed by atoms with Gasteiger partial charge in [-0.25, -0.2) is 4.39 Å². The topological polar surface area (TPSA) is 79.4 Å². The van der Waals surface area contributed by atoms with E-state index in [9.17, 15) is 9.50 Å². The number of aliphatic hydroxyl groups excluding tert-OH is 2. The second kappa shape index (κ2) is 6.65. The van der Waals surface area contributed by atoms with Crippen molar-refractivity contribution >= 4 is 11.8 Å². The molecule has 102 valence electrons. The lowest BCUT2D eigenvalue weighted by atomic mass is 10.2. The van der Waals surface area contributed by atoms with Gasteiger partial charge in [0, 0.05) is 11.3 Å². The van der Waals surface area contributed by atoms with Crippen molar-refractivity contribution in [2.24, 2.45) is 0 Å². The number of thioether (sulfide) groups is 1. The molecule has 0 unspecified atom stereocenters. The first-order valence-corrected chi connectivity index (χ1v) is 6.79. The quantitative estimate of drug-likeness (QED) is 0.836. The first-order chi connectivity index (χ1) is 9.19. The minimum Gasteiger partial charge on any atom is -0.394 e. The van der Waals surface area contributed by atoms with Crippen LogP contribution in [0.2, 0.25) is 0 Å². The predicted molar refractivity (Wildman–Crippen MR) is 68.9 cm³/mol. The smallest absolute Gasteiger partial charge is 0.236 e. The van der Waals surface area contributed by atoms with Gasteiger partial charge in [0.2, 0.25) is 11.7 Å². The molecule has 0 spiro atoms. The lowest BCUT2D eigenvalue weighted by Crippen LogP contribution is -2.14. The summed E-state index contributed by atoms with van der Waals surface area (Å²) in [6.07, 6.45) is -0.746. The number of aliphatic hydroxyl groups is 2. The predicted octanol–water partition coefficient (Wildman–Crippen LogP) is 1.46. The minimum atomic E-state index is -0.746. The summed E-state index contributed by atoms with van der Waals surface area (Å²) in [6, 6.07) is 5.81. The Morgan fingerprint density at radius 1 is 1.32 bits per heavy atom. The highest BCUT2D eigenvalue weighted by Gasteiger charge is 2.10. The second-order valence-electron chi connectivity index (χ2n) is 3.87. The number of hydrogen-bond donors (Lipinski definition) is 2. The number of benzene rings is 1. The Bertz CT molecular complexity index is 518. The van der Waals surface area contributed by atoms with E-state index in [1.54, 1.807) is 12.1 Å². The summed E-state index contributed by atoms with van der Waals surface area (Å²) in [5, 5.41) is 21.6. The largest absolute Gasteiger partial charge is 0.394 e. The van der Waals surface area contributed by atoms with Crippen molar-refractivity contribution in [3.8, 4) is 11.4 Å². The van der Waals surface area contributed by atoms with E-state index in [0.717, 1.165) is 0 Å². The average molecular weight is 284 g/mol. The van der Waals surface area contributed by atoms with Gasteiger partial charge in [-0.05, 0) is 24.3 Å². The Balaban J connectivity index is 1.93. The highest BCUT2D eigenvalue weighted by atomic mass is 32.2. The molecular formula is C12H13FN2O3S. The lowest BCUT2D eigenvalue weighted by Gasteiger charge is -2.03. The molecule has 0 radical (unpaired) electrons. The molecule has 1 atom stereocenters. The Morgan fingerprint density at radius 2 is 2.05 bits per heavy atom. The molecule has 0 aliphatic rings. The van der Waals surface area contributed by atoms with Crippen LogP contribution in [0.15, 0.2) is 28.8 Å². The highest BCUT2D eigenvalue weighted by Crippen LogP contribution is 2.18. The maximum atomic E-state index is 12.8. The molecule has 0 bridgehead atoms. The summed E-state index contributed by atoms with van der Waals surface area (Å²) in [4.78, 5) is 4.17. The van der Waals surface area contributed by atoms with Gasteiger partial charge >= 0.3 is 0 Å². The fraction of sp³-hybridized carbons (Fsp3) is 0.333. The van der Waals surface area contributed by atoms with Crippen LogP contribution in [0.25, 0.3) is 11.4 Å². The highest BCUT2D eigenvalue weighted by molar-refractivity contribution is 7.98. The monoisotopic (exact) mass is 284 g/mol. The minimum absolute atomic E-state index is 0.266. The molecule has 1 aromatic carbocycles. The van der Waals surface area contributed by atoms with Crippen molar-refractivity contribution in [1.82, 2.24) is 10.1 Å². The molecule has 5 nitrogen and oxygen atoms in total. The Hall–Kier alpha value is -1.44. The van der Waals surface area contributed by atoms with Gasteiger partial charge in [0.05, 0.1) is 18.5 Å². The Labute approximate surface area is 113 Å². The van der Waals surface area contributed by atoms with Gasteiger partial charge in [-0.3, -0.25) is 0 Å². The molecule has 0 fully saturated rings. The zero-order chi connectivity index (χ0) is 13.7. The number of nitrogens with zero attached hydrogens (tertiary/aromatic N) is 2. The molecule has 2 N–H and O–H groups in total. The number of aromatic nitrogens is 2. The van der Waals surface area contributed by atoms with Crippen molar-refractivity contribution in [2.45, 2.75) is 11.9 Å². The van der Waals surface area contributed by atoms with Gasteiger partial charge in [0.25, 0.3) is 0 Å². The Kier molecular flexibility index (Phi) is 4.89. The summed E-state index contributed by atoms with van der Waals surface area (Å²) < 4.78 is 17.8. The van der Waals surface area contributed by atoms with Crippen LogP contribution in [-0.4, -0.2) is 38.8 Å². The average Bonchev–Trinajstić information content (AvgIpc) is 2.88. The third kappa shape index (κ3) is 4.02. The van der Waals surface area contributed by atoms with E-state index in [1.165, 1.54) is 23.9 Å². The molecule has 0 aliphatic carbocycles. The van der Waals surface area contributed by atoms with Crippen LogP contribution < -0.4 is 0 Å². The zero-order valence-corrected chi connectivity index (χ0v) is 10.8. The summed E-state index contributed by atoms with van der Waals surface area (Å²) in [7, 11) is 0. The number of rotatable bonds is 6. The van der Waals surface area contributed by atoms with Gasteiger partial charge < -0.3 is 14.7 Å². The van der Waals surface area contributed by atoms with Gasteiger partial charge in [-0.1, -0.05) is 5.16 Å². The van der Waals surface area contributed by atoms with Crippen molar-refractivity contribution in [3.63, 3.8) is 0 Å². The van der Waals surface area contributed by atoms with E-state index < -0.39 is 6.10 Å². The standard InChI is InChI=1S/C12H13FN2O3S/c13-9-3-1-8(2-4-9)12-14-11(18-15-12)7-19-6-10(17)5-16/h1-4,10,16-17H,5-7H2/t10-/m0/s1.